The first-order valence-corrected chi connectivity index (χ1v) is 8.78. The summed E-state index contributed by atoms with van der Waals surface area (Å²) in [5.74, 6) is 0.843. The quantitative estimate of drug-likeness (QED) is 0.833. The van der Waals surface area contributed by atoms with E-state index in [1.165, 1.54) is 0 Å². The number of para-hydroxylation sites is 2. The molecule has 2 aromatic rings. The van der Waals surface area contributed by atoms with E-state index in [0.29, 0.717) is 6.04 Å². The van der Waals surface area contributed by atoms with Gasteiger partial charge in [0, 0.05) is 25.3 Å². The topological polar surface area (TPSA) is 59.2 Å². The van der Waals surface area contributed by atoms with E-state index in [-0.39, 0.29) is 5.79 Å². The molecule has 1 saturated carbocycles. The Kier molecular flexibility index (Phi) is 4.33. The maximum Gasteiger partial charge on any atom is 0.168 e. The van der Waals surface area contributed by atoms with Crippen LogP contribution < -0.4 is 5.32 Å². The van der Waals surface area contributed by atoms with E-state index < -0.39 is 0 Å². The van der Waals surface area contributed by atoms with Crippen LogP contribution in [-0.2, 0) is 15.9 Å². The number of H-pyrrole nitrogens is 1. The molecule has 2 heterocycles. The highest BCUT2D eigenvalue weighted by molar-refractivity contribution is 5.74. The lowest BCUT2D eigenvalue weighted by molar-refractivity contribution is -0.179. The Bertz CT molecular complexity index is 606. The molecule has 5 nitrogen and oxygen atoms in total. The van der Waals surface area contributed by atoms with Crippen molar-refractivity contribution in [1.29, 1.82) is 0 Å². The molecule has 124 valence electrons. The van der Waals surface area contributed by atoms with Gasteiger partial charge in [0.05, 0.1) is 24.2 Å². The molecule has 1 aromatic carbocycles. The molecule has 1 aliphatic heterocycles. The van der Waals surface area contributed by atoms with Gasteiger partial charge in [-0.3, -0.25) is 0 Å². The van der Waals surface area contributed by atoms with Gasteiger partial charge in [-0.25, -0.2) is 4.98 Å². The van der Waals surface area contributed by atoms with Crippen molar-refractivity contribution >= 4 is 11.0 Å². The number of benzene rings is 1. The molecule has 0 atom stereocenters. The number of hydrogen-bond donors (Lipinski definition) is 2. The smallest absolute Gasteiger partial charge is 0.168 e. The summed E-state index contributed by atoms with van der Waals surface area (Å²) in [5.41, 5.74) is 2.19. The first-order chi connectivity index (χ1) is 11.3. The summed E-state index contributed by atoms with van der Waals surface area (Å²) < 4.78 is 11.6. The highest BCUT2D eigenvalue weighted by Gasteiger charge is 2.39. The van der Waals surface area contributed by atoms with Crippen LogP contribution in [-0.4, -0.2) is 41.6 Å². The highest BCUT2D eigenvalue weighted by Crippen LogP contribution is 2.35. The summed E-state index contributed by atoms with van der Waals surface area (Å²) in [6.45, 7) is 2.56. The number of nitrogens with zero attached hydrogens (tertiary/aromatic N) is 1. The molecule has 1 saturated heterocycles. The summed E-state index contributed by atoms with van der Waals surface area (Å²) in [6, 6.07) is 8.80. The largest absolute Gasteiger partial charge is 0.348 e. The van der Waals surface area contributed by atoms with Gasteiger partial charge in [0.1, 0.15) is 5.82 Å². The van der Waals surface area contributed by atoms with Crippen LogP contribution in [0.3, 0.4) is 0 Å². The standard InChI is InChI=1S/C18H25N3O2/c1-2-5-16-15(4-1)20-17(21-16)6-3-11-19-14-7-9-18(10-8-14)22-12-13-23-18/h1-2,4-5,14,19H,3,6-13H2,(H,20,21). The van der Waals surface area contributed by atoms with Gasteiger partial charge in [-0.15, -0.1) is 0 Å². The second kappa shape index (κ2) is 6.59. The molecule has 0 bridgehead atoms. The predicted octanol–water partition coefficient (Wildman–Crippen LogP) is 2.77. The summed E-state index contributed by atoms with van der Waals surface area (Å²) in [5, 5.41) is 3.68. The zero-order valence-electron chi connectivity index (χ0n) is 13.5. The summed E-state index contributed by atoms with van der Waals surface area (Å²) >= 11 is 0. The molecule has 2 fully saturated rings. The van der Waals surface area contributed by atoms with Gasteiger partial charge < -0.3 is 19.8 Å². The van der Waals surface area contributed by atoms with Crippen molar-refractivity contribution in [2.24, 2.45) is 0 Å². The molecule has 0 amide bonds. The fourth-order valence-electron chi connectivity index (χ4n) is 3.73. The van der Waals surface area contributed by atoms with Crippen LogP contribution in [0.2, 0.25) is 0 Å². The second-order valence-corrected chi connectivity index (χ2v) is 6.64. The van der Waals surface area contributed by atoms with Crippen LogP contribution >= 0.6 is 0 Å². The third kappa shape index (κ3) is 3.42. The summed E-state index contributed by atoms with van der Waals surface area (Å²) in [7, 11) is 0. The van der Waals surface area contributed by atoms with Crippen molar-refractivity contribution < 1.29 is 9.47 Å². The Morgan fingerprint density at radius 1 is 1.17 bits per heavy atom. The number of aromatic amines is 1. The molecular formula is C18H25N3O2. The summed E-state index contributed by atoms with van der Waals surface area (Å²) in [6.07, 6.45) is 6.43. The minimum absolute atomic E-state index is 0.244. The van der Waals surface area contributed by atoms with Gasteiger partial charge in [-0.2, -0.15) is 0 Å². The van der Waals surface area contributed by atoms with Gasteiger partial charge in [-0.1, -0.05) is 12.1 Å². The fourth-order valence-corrected chi connectivity index (χ4v) is 3.73. The molecule has 5 heteroatoms. The monoisotopic (exact) mass is 315 g/mol. The number of rotatable bonds is 5. The number of aromatic nitrogens is 2. The van der Waals surface area contributed by atoms with Crippen molar-refractivity contribution in [3.63, 3.8) is 0 Å². The first-order valence-electron chi connectivity index (χ1n) is 8.78. The second-order valence-electron chi connectivity index (χ2n) is 6.64. The van der Waals surface area contributed by atoms with Crippen LogP contribution in [0.15, 0.2) is 24.3 Å². The number of aryl methyl sites for hydroxylation is 1. The van der Waals surface area contributed by atoms with E-state index in [1.54, 1.807) is 0 Å². The third-order valence-electron chi connectivity index (χ3n) is 5.02. The lowest BCUT2D eigenvalue weighted by Gasteiger charge is -2.35. The predicted molar refractivity (Wildman–Crippen MR) is 89.3 cm³/mol. The normalized spacial score (nSPS) is 21.4. The maximum absolute atomic E-state index is 5.78. The molecule has 1 spiro atoms. The minimum atomic E-state index is -0.244. The van der Waals surface area contributed by atoms with Crippen molar-refractivity contribution in [3.8, 4) is 0 Å². The maximum atomic E-state index is 5.78. The van der Waals surface area contributed by atoms with E-state index in [4.69, 9.17) is 9.47 Å². The number of ether oxygens (including phenoxy) is 2. The van der Waals surface area contributed by atoms with Crippen molar-refractivity contribution in [1.82, 2.24) is 15.3 Å². The number of imidazole rings is 1. The third-order valence-corrected chi connectivity index (χ3v) is 5.02. The first kappa shape index (κ1) is 15.1. The average molecular weight is 315 g/mol. The van der Waals surface area contributed by atoms with Crippen molar-refractivity contribution in [3.05, 3.63) is 30.1 Å². The number of fused-ring (bicyclic) bond motifs is 1. The molecule has 23 heavy (non-hydrogen) atoms. The van der Waals surface area contributed by atoms with Crippen LogP contribution in [0.5, 0.6) is 0 Å². The molecule has 1 aromatic heterocycles. The molecule has 0 radical (unpaired) electrons. The molecule has 0 unspecified atom stereocenters. The van der Waals surface area contributed by atoms with E-state index in [9.17, 15) is 0 Å². The number of nitrogens with one attached hydrogen (secondary N) is 2. The van der Waals surface area contributed by atoms with Crippen LogP contribution in [0.4, 0.5) is 0 Å². The lowest BCUT2D eigenvalue weighted by Crippen LogP contribution is -2.42. The van der Waals surface area contributed by atoms with E-state index >= 15 is 0 Å². The van der Waals surface area contributed by atoms with Gasteiger partial charge in [0.2, 0.25) is 0 Å². The SMILES string of the molecule is c1ccc2[nH]c(CCCNC3CCC4(CC3)OCCO4)nc2c1. The van der Waals surface area contributed by atoms with Crippen LogP contribution in [0.1, 0.15) is 37.9 Å². The Balaban J connectivity index is 1.19. The van der Waals surface area contributed by atoms with Crippen molar-refractivity contribution in [2.75, 3.05) is 19.8 Å². The fraction of sp³-hybridized carbons (Fsp3) is 0.611. The Morgan fingerprint density at radius 2 is 1.96 bits per heavy atom. The van der Waals surface area contributed by atoms with Crippen LogP contribution in [0.25, 0.3) is 11.0 Å². The van der Waals surface area contributed by atoms with Gasteiger partial charge >= 0.3 is 0 Å². The minimum Gasteiger partial charge on any atom is -0.348 e. The summed E-state index contributed by atoms with van der Waals surface area (Å²) in [4.78, 5) is 8.02. The van der Waals surface area contributed by atoms with Crippen LogP contribution in [0, 0.1) is 0 Å². The Morgan fingerprint density at radius 3 is 2.74 bits per heavy atom. The molecule has 1 aliphatic carbocycles. The zero-order valence-corrected chi connectivity index (χ0v) is 13.5. The molecule has 2 N–H and O–H groups in total. The lowest BCUT2D eigenvalue weighted by atomic mass is 9.90. The zero-order chi connectivity index (χ0) is 15.5. The van der Waals surface area contributed by atoms with Crippen molar-refractivity contribution in [2.45, 2.75) is 50.4 Å². The Hall–Kier alpha value is -1.43. The average Bonchev–Trinajstić information content (AvgIpc) is 3.20. The molecule has 4 rings (SSSR count). The number of hydrogen-bond acceptors (Lipinski definition) is 4. The van der Waals surface area contributed by atoms with E-state index in [1.807, 2.05) is 12.1 Å². The van der Waals surface area contributed by atoms with Gasteiger partial charge in [-0.05, 0) is 37.9 Å². The molecule has 2 aliphatic rings. The van der Waals surface area contributed by atoms with Gasteiger partial charge in [0.15, 0.2) is 5.79 Å². The van der Waals surface area contributed by atoms with E-state index in [2.05, 4.69) is 27.4 Å². The van der Waals surface area contributed by atoms with E-state index in [0.717, 1.165) is 75.1 Å². The molecular weight excluding hydrogens is 290 g/mol. The highest BCUT2D eigenvalue weighted by atomic mass is 16.7. The Labute approximate surface area is 136 Å². The van der Waals surface area contributed by atoms with Gasteiger partial charge in [0.25, 0.3) is 0 Å².